The maximum absolute atomic E-state index is 12.5. The summed E-state index contributed by atoms with van der Waals surface area (Å²) in [6, 6.07) is 0. The molecule has 2 atom stereocenters. The summed E-state index contributed by atoms with van der Waals surface area (Å²) in [6.07, 6.45) is 0. The Morgan fingerprint density at radius 3 is 2.62 bits per heavy atom. The van der Waals surface area contributed by atoms with E-state index in [2.05, 4.69) is 0 Å². The van der Waals surface area contributed by atoms with Gasteiger partial charge >= 0.3 is 11.9 Å². The van der Waals surface area contributed by atoms with Crippen molar-refractivity contribution in [3.8, 4) is 0 Å². The number of halogens is 1. The maximum Gasteiger partial charge on any atom is 0.355 e. The van der Waals surface area contributed by atoms with E-state index in [1.54, 1.807) is 11.8 Å². The molecule has 1 unspecified atom stereocenters. The number of carbonyl (C=O) groups is 2. The molecule has 21 heavy (non-hydrogen) atoms. The second-order valence-electron chi connectivity index (χ2n) is 6.10. The molecule has 0 aliphatic carbocycles. The number of ether oxygens (including phenoxy) is 2. The van der Waals surface area contributed by atoms with Gasteiger partial charge in [-0.3, -0.25) is 4.79 Å². The Balaban J connectivity index is 2.22. The Kier molecular flexibility index (Phi) is 4.78. The first-order chi connectivity index (χ1) is 9.69. The first-order valence-corrected chi connectivity index (χ1v) is 8.28. The van der Waals surface area contributed by atoms with Crippen LogP contribution in [0, 0.1) is 0 Å². The van der Waals surface area contributed by atoms with E-state index in [1.807, 2.05) is 25.7 Å². The van der Waals surface area contributed by atoms with Crippen LogP contribution in [0.1, 0.15) is 27.7 Å². The van der Waals surface area contributed by atoms with Crippen LogP contribution in [0.25, 0.3) is 0 Å². The summed E-state index contributed by atoms with van der Waals surface area (Å²) in [6.45, 7) is 7.56. The second kappa shape index (κ2) is 6.08. The van der Waals surface area contributed by atoms with Crippen molar-refractivity contribution in [3.63, 3.8) is 0 Å². The van der Waals surface area contributed by atoms with Gasteiger partial charge in [-0.05, 0) is 20.8 Å². The van der Waals surface area contributed by atoms with Crippen LogP contribution >= 0.6 is 23.4 Å². The molecule has 0 spiro atoms. The van der Waals surface area contributed by atoms with Crippen LogP contribution < -0.4 is 0 Å². The monoisotopic (exact) mass is 333 g/mol. The van der Waals surface area contributed by atoms with Crippen molar-refractivity contribution in [1.82, 2.24) is 4.90 Å². The summed E-state index contributed by atoms with van der Waals surface area (Å²) >= 11 is 7.84. The lowest BCUT2D eigenvalue weighted by atomic mass is 10.1. The normalized spacial score (nSPS) is 25.1. The van der Waals surface area contributed by atoms with Crippen molar-refractivity contribution in [1.29, 1.82) is 0 Å². The number of alkyl halides is 1. The molecule has 5 nitrogen and oxygen atoms in total. The summed E-state index contributed by atoms with van der Waals surface area (Å²) in [5.74, 6) is -0.123. The largest absolute Gasteiger partial charge is 0.461 e. The highest BCUT2D eigenvalue weighted by atomic mass is 35.5. The zero-order chi connectivity index (χ0) is 15.8. The Morgan fingerprint density at radius 1 is 1.43 bits per heavy atom. The number of fused-ring (bicyclic) bond motifs is 1. The number of carbonyl (C=O) groups excluding carboxylic acids is 2. The molecule has 1 fully saturated rings. The molecule has 0 aromatic heterocycles. The highest BCUT2D eigenvalue weighted by Crippen LogP contribution is 2.42. The minimum atomic E-state index is -0.568. The highest BCUT2D eigenvalue weighted by molar-refractivity contribution is 8.00. The summed E-state index contributed by atoms with van der Waals surface area (Å²) in [5.41, 5.74) is 0.721. The van der Waals surface area contributed by atoms with Gasteiger partial charge in [0.2, 0.25) is 0 Å². The van der Waals surface area contributed by atoms with E-state index < -0.39 is 5.60 Å². The third-order valence-electron chi connectivity index (χ3n) is 3.08. The number of nitrogens with zero attached hydrogens (tertiary/aromatic N) is 1. The second-order valence-corrected chi connectivity index (χ2v) is 7.77. The molecule has 0 aromatic rings. The number of esters is 2. The summed E-state index contributed by atoms with van der Waals surface area (Å²) in [7, 11) is 0. The summed E-state index contributed by atoms with van der Waals surface area (Å²) in [5, 5.41) is 0.123. The van der Waals surface area contributed by atoms with Crippen LogP contribution in [0.3, 0.4) is 0 Å². The van der Waals surface area contributed by atoms with Gasteiger partial charge in [0.1, 0.15) is 17.9 Å². The molecule has 7 heteroatoms. The van der Waals surface area contributed by atoms with E-state index in [1.165, 1.54) is 6.92 Å². The van der Waals surface area contributed by atoms with Gasteiger partial charge in [-0.15, -0.1) is 23.4 Å². The molecule has 118 valence electrons. The van der Waals surface area contributed by atoms with Crippen LogP contribution in [0.4, 0.5) is 0 Å². The Bertz CT molecular complexity index is 486. The molecule has 0 saturated carbocycles. The van der Waals surface area contributed by atoms with E-state index in [0.717, 1.165) is 5.57 Å². The first kappa shape index (κ1) is 16.5. The van der Waals surface area contributed by atoms with E-state index >= 15 is 0 Å². The molecule has 0 bridgehead atoms. The minimum absolute atomic E-state index is 0.0303. The SMILES string of the molecule is CC(=O)OCC1=C(C(=O)OC(C)(C)C)N2C[C@@H](Cl)C2SC1. The fraction of sp³-hybridized carbons (Fsp3) is 0.714. The van der Waals surface area contributed by atoms with Gasteiger partial charge in [0, 0.05) is 24.8 Å². The Morgan fingerprint density at radius 2 is 2.10 bits per heavy atom. The molecule has 0 aromatic carbocycles. The third-order valence-corrected chi connectivity index (χ3v) is 5.05. The lowest BCUT2D eigenvalue weighted by Gasteiger charge is -2.50. The average molecular weight is 334 g/mol. The number of rotatable bonds is 3. The molecule has 0 amide bonds. The van der Waals surface area contributed by atoms with Gasteiger partial charge in [0.15, 0.2) is 0 Å². The lowest BCUT2D eigenvalue weighted by Crippen LogP contribution is -2.58. The van der Waals surface area contributed by atoms with Crippen LogP contribution in [-0.2, 0) is 19.1 Å². The average Bonchev–Trinajstić information content (AvgIpc) is 2.32. The van der Waals surface area contributed by atoms with Crippen molar-refractivity contribution in [2.45, 2.75) is 44.0 Å². The highest BCUT2D eigenvalue weighted by Gasteiger charge is 2.46. The lowest BCUT2D eigenvalue weighted by molar-refractivity contribution is -0.153. The maximum atomic E-state index is 12.5. The van der Waals surface area contributed by atoms with E-state index in [-0.39, 0.29) is 29.3 Å². The molecule has 2 aliphatic heterocycles. The van der Waals surface area contributed by atoms with E-state index in [9.17, 15) is 9.59 Å². The molecular formula is C14H20ClNO4S. The first-order valence-electron chi connectivity index (χ1n) is 6.80. The Labute approximate surface area is 134 Å². The topological polar surface area (TPSA) is 55.8 Å². The van der Waals surface area contributed by atoms with Crippen LogP contribution in [0.5, 0.6) is 0 Å². The molecule has 0 radical (unpaired) electrons. The molecule has 2 aliphatic rings. The molecule has 2 rings (SSSR count). The van der Waals surface area contributed by atoms with Crippen molar-refractivity contribution in [2.24, 2.45) is 0 Å². The zero-order valence-corrected chi connectivity index (χ0v) is 14.2. The number of hydrogen-bond donors (Lipinski definition) is 0. The van der Waals surface area contributed by atoms with Gasteiger partial charge in [0.05, 0.1) is 10.8 Å². The summed E-state index contributed by atoms with van der Waals surface area (Å²) in [4.78, 5) is 25.4. The summed E-state index contributed by atoms with van der Waals surface area (Å²) < 4.78 is 10.5. The molecule has 2 heterocycles. The van der Waals surface area contributed by atoms with Crippen molar-refractivity contribution < 1.29 is 19.1 Å². The van der Waals surface area contributed by atoms with E-state index in [0.29, 0.717) is 18.0 Å². The quantitative estimate of drug-likeness (QED) is 0.582. The minimum Gasteiger partial charge on any atom is -0.461 e. The van der Waals surface area contributed by atoms with Crippen LogP contribution in [0.15, 0.2) is 11.3 Å². The van der Waals surface area contributed by atoms with Crippen LogP contribution in [0.2, 0.25) is 0 Å². The van der Waals surface area contributed by atoms with Gasteiger partial charge in [-0.2, -0.15) is 0 Å². The smallest absolute Gasteiger partial charge is 0.355 e. The molecule has 0 N–H and O–H groups in total. The van der Waals surface area contributed by atoms with Crippen molar-refractivity contribution in [2.75, 3.05) is 18.9 Å². The molecule has 1 saturated heterocycles. The third kappa shape index (κ3) is 3.86. The van der Waals surface area contributed by atoms with Gasteiger partial charge in [0.25, 0.3) is 0 Å². The fourth-order valence-electron chi connectivity index (χ4n) is 2.20. The van der Waals surface area contributed by atoms with Crippen LogP contribution in [-0.4, -0.2) is 52.1 Å². The standard InChI is InChI=1S/C14H20ClNO4S/c1-8(17)19-6-9-7-21-12-10(15)5-16(12)11(9)13(18)20-14(2,3)4/h10,12H,5-7H2,1-4H3/t10-,12?/m1/s1. The van der Waals surface area contributed by atoms with Gasteiger partial charge in [-0.1, -0.05) is 0 Å². The Hall–Kier alpha value is -0.880. The molecular weight excluding hydrogens is 314 g/mol. The van der Waals surface area contributed by atoms with Gasteiger partial charge in [-0.25, -0.2) is 4.79 Å². The number of thioether (sulfide) groups is 1. The zero-order valence-electron chi connectivity index (χ0n) is 12.6. The van der Waals surface area contributed by atoms with Gasteiger partial charge < -0.3 is 14.4 Å². The van der Waals surface area contributed by atoms with Crippen molar-refractivity contribution >= 4 is 35.3 Å². The van der Waals surface area contributed by atoms with E-state index in [4.69, 9.17) is 21.1 Å². The predicted molar refractivity (Wildman–Crippen MR) is 82.1 cm³/mol. The predicted octanol–water partition coefficient (Wildman–Crippen LogP) is 2.14. The fourth-order valence-corrected chi connectivity index (χ4v) is 3.96. The number of hydrogen-bond acceptors (Lipinski definition) is 6. The van der Waals surface area contributed by atoms with Crippen molar-refractivity contribution in [3.05, 3.63) is 11.3 Å².